The van der Waals surface area contributed by atoms with E-state index < -0.39 is 0 Å². The fourth-order valence-corrected chi connectivity index (χ4v) is 3.54. The van der Waals surface area contributed by atoms with E-state index in [4.69, 9.17) is 22.1 Å². The van der Waals surface area contributed by atoms with E-state index in [1.807, 2.05) is 18.2 Å². The number of nitrogens with two attached hydrogens (primary N) is 1. The molecule has 2 aliphatic heterocycles. The van der Waals surface area contributed by atoms with Crippen molar-refractivity contribution in [3.8, 4) is 5.75 Å². The molecule has 3 rings (SSSR count). The summed E-state index contributed by atoms with van der Waals surface area (Å²) < 4.78 is 6.34. The molecule has 0 radical (unpaired) electrons. The van der Waals surface area contributed by atoms with Crippen molar-refractivity contribution in [3.63, 3.8) is 0 Å². The first-order valence-electron chi connectivity index (χ1n) is 6.93. The van der Waals surface area contributed by atoms with Crippen LogP contribution in [0.3, 0.4) is 0 Å². The molecule has 3 nitrogen and oxygen atoms in total. The number of likely N-dealkylation sites (tertiary alicyclic amines) is 1. The lowest BCUT2D eigenvalue weighted by molar-refractivity contribution is -0.0357. The van der Waals surface area contributed by atoms with Gasteiger partial charge in [0.05, 0.1) is 0 Å². The van der Waals surface area contributed by atoms with Crippen LogP contribution in [0.2, 0.25) is 5.02 Å². The highest BCUT2D eigenvalue weighted by Crippen LogP contribution is 2.44. The van der Waals surface area contributed by atoms with Gasteiger partial charge >= 0.3 is 0 Å². The van der Waals surface area contributed by atoms with Gasteiger partial charge in [-0.2, -0.15) is 0 Å². The SMILES string of the molecule is CC1CC2(CCN1C)C[C@H](N)c1cc(Cl)ccc1O2. The summed E-state index contributed by atoms with van der Waals surface area (Å²) in [5, 5.41) is 0.727. The Balaban J connectivity index is 1.90. The molecular formula is C15H21ClN2O. The Morgan fingerprint density at radius 1 is 1.42 bits per heavy atom. The third-order valence-electron chi connectivity index (χ3n) is 4.63. The summed E-state index contributed by atoms with van der Waals surface area (Å²) >= 11 is 6.04. The Kier molecular flexibility index (Phi) is 3.24. The Hall–Kier alpha value is -0.770. The minimum atomic E-state index is -0.0911. The zero-order valence-electron chi connectivity index (χ0n) is 11.5. The standard InChI is InChI=1S/C15H21ClN2O/c1-10-8-15(5-6-18(10)2)9-13(17)12-7-11(16)3-4-14(12)19-15/h3-4,7,10,13H,5-6,8-9,17H2,1-2H3/t10?,13-,15?/m0/s1. The van der Waals surface area contributed by atoms with Crippen LogP contribution in [0.4, 0.5) is 0 Å². The van der Waals surface area contributed by atoms with Gasteiger partial charge in [0.1, 0.15) is 11.4 Å². The van der Waals surface area contributed by atoms with Gasteiger partial charge in [0.25, 0.3) is 0 Å². The maximum absolute atomic E-state index is 6.35. The predicted octanol–water partition coefficient (Wildman–Crippen LogP) is 2.98. The Morgan fingerprint density at radius 3 is 2.95 bits per heavy atom. The number of nitrogens with zero attached hydrogens (tertiary/aromatic N) is 1. The van der Waals surface area contributed by atoms with Crippen LogP contribution in [0.5, 0.6) is 5.75 Å². The van der Waals surface area contributed by atoms with Crippen molar-refractivity contribution in [1.82, 2.24) is 4.90 Å². The maximum atomic E-state index is 6.35. The first kappa shape index (κ1) is 13.2. The molecule has 1 fully saturated rings. The molecule has 2 N–H and O–H groups in total. The molecule has 0 aromatic heterocycles. The van der Waals surface area contributed by atoms with Gasteiger partial charge in [-0.3, -0.25) is 0 Å². The highest BCUT2D eigenvalue weighted by atomic mass is 35.5. The average Bonchev–Trinajstić information content (AvgIpc) is 2.36. The van der Waals surface area contributed by atoms with E-state index in [0.29, 0.717) is 6.04 Å². The van der Waals surface area contributed by atoms with Crippen LogP contribution in [0.1, 0.15) is 37.8 Å². The highest BCUT2D eigenvalue weighted by Gasteiger charge is 2.43. The molecular weight excluding hydrogens is 260 g/mol. The van der Waals surface area contributed by atoms with Crippen LogP contribution in [0.15, 0.2) is 18.2 Å². The lowest BCUT2D eigenvalue weighted by atomic mass is 9.78. The van der Waals surface area contributed by atoms with Crippen molar-refractivity contribution in [2.24, 2.45) is 5.73 Å². The molecule has 0 aliphatic carbocycles. The molecule has 2 aliphatic rings. The lowest BCUT2D eigenvalue weighted by Gasteiger charge is -2.48. The summed E-state index contributed by atoms with van der Waals surface area (Å²) in [4.78, 5) is 2.39. The van der Waals surface area contributed by atoms with Gasteiger partial charge in [0.2, 0.25) is 0 Å². The van der Waals surface area contributed by atoms with Crippen molar-refractivity contribution < 1.29 is 4.74 Å². The zero-order valence-corrected chi connectivity index (χ0v) is 12.3. The molecule has 0 saturated carbocycles. The molecule has 1 aromatic rings. The summed E-state index contributed by atoms with van der Waals surface area (Å²) in [6.07, 6.45) is 2.97. The van der Waals surface area contributed by atoms with Crippen molar-refractivity contribution in [3.05, 3.63) is 28.8 Å². The minimum absolute atomic E-state index is 0.0260. The number of fused-ring (bicyclic) bond motifs is 1. The minimum Gasteiger partial charge on any atom is -0.487 e. The van der Waals surface area contributed by atoms with Crippen LogP contribution < -0.4 is 10.5 Å². The van der Waals surface area contributed by atoms with Crippen molar-refractivity contribution in [2.75, 3.05) is 13.6 Å². The van der Waals surface area contributed by atoms with E-state index in [9.17, 15) is 0 Å². The summed E-state index contributed by atoms with van der Waals surface area (Å²) in [7, 11) is 2.17. The van der Waals surface area contributed by atoms with Crippen LogP contribution in [-0.2, 0) is 0 Å². The zero-order chi connectivity index (χ0) is 13.6. The fraction of sp³-hybridized carbons (Fsp3) is 0.600. The third-order valence-corrected chi connectivity index (χ3v) is 4.86. The lowest BCUT2D eigenvalue weighted by Crippen LogP contribution is -2.53. The molecule has 0 bridgehead atoms. The molecule has 2 unspecified atom stereocenters. The molecule has 3 atom stereocenters. The second kappa shape index (κ2) is 4.65. The number of hydrogen-bond acceptors (Lipinski definition) is 3. The average molecular weight is 281 g/mol. The van der Waals surface area contributed by atoms with Gasteiger partial charge in [-0.05, 0) is 38.6 Å². The number of rotatable bonds is 0. The van der Waals surface area contributed by atoms with E-state index in [-0.39, 0.29) is 11.6 Å². The monoisotopic (exact) mass is 280 g/mol. The van der Waals surface area contributed by atoms with Gasteiger partial charge in [-0.1, -0.05) is 11.6 Å². The Labute approximate surface area is 119 Å². The van der Waals surface area contributed by atoms with E-state index >= 15 is 0 Å². The summed E-state index contributed by atoms with van der Waals surface area (Å²) in [6.45, 7) is 3.32. The fourth-order valence-electron chi connectivity index (χ4n) is 3.36. The van der Waals surface area contributed by atoms with Crippen LogP contribution in [0.25, 0.3) is 0 Å². The third kappa shape index (κ3) is 2.35. The number of benzene rings is 1. The van der Waals surface area contributed by atoms with E-state index in [2.05, 4.69) is 18.9 Å². The highest BCUT2D eigenvalue weighted by molar-refractivity contribution is 6.30. The molecule has 1 saturated heterocycles. The van der Waals surface area contributed by atoms with E-state index in [1.165, 1.54) is 0 Å². The van der Waals surface area contributed by atoms with E-state index in [0.717, 1.165) is 42.1 Å². The van der Waals surface area contributed by atoms with Gasteiger partial charge in [-0.15, -0.1) is 0 Å². The largest absolute Gasteiger partial charge is 0.487 e. The normalized spacial score (nSPS) is 34.9. The predicted molar refractivity (Wildman–Crippen MR) is 77.7 cm³/mol. The quantitative estimate of drug-likeness (QED) is 0.794. The molecule has 2 heterocycles. The molecule has 1 spiro atoms. The Bertz CT molecular complexity index is 493. The number of hydrogen-bond donors (Lipinski definition) is 1. The number of ether oxygens (including phenoxy) is 1. The second-order valence-electron chi connectivity index (χ2n) is 6.06. The molecule has 0 amide bonds. The van der Waals surface area contributed by atoms with Gasteiger partial charge in [0.15, 0.2) is 0 Å². The molecule has 19 heavy (non-hydrogen) atoms. The van der Waals surface area contributed by atoms with E-state index in [1.54, 1.807) is 0 Å². The van der Waals surface area contributed by atoms with Crippen LogP contribution in [0, 0.1) is 0 Å². The van der Waals surface area contributed by atoms with Crippen LogP contribution in [-0.4, -0.2) is 30.1 Å². The van der Waals surface area contributed by atoms with Crippen molar-refractivity contribution in [1.29, 1.82) is 0 Å². The summed E-state index contributed by atoms with van der Waals surface area (Å²) in [6, 6.07) is 6.34. The van der Waals surface area contributed by atoms with Crippen molar-refractivity contribution >= 4 is 11.6 Å². The van der Waals surface area contributed by atoms with Gasteiger partial charge in [0, 0.05) is 42.1 Å². The smallest absolute Gasteiger partial charge is 0.125 e. The molecule has 1 aromatic carbocycles. The second-order valence-corrected chi connectivity index (χ2v) is 6.50. The maximum Gasteiger partial charge on any atom is 0.125 e. The number of piperidine rings is 1. The summed E-state index contributed by atoms with van der Waals surface area (Å²) in [5.74, 6) is 0.917. The number of halogens is 1. The molecule has 104 valence electrons. The molecule has 4 heteroatoms. The van der Waals surface area contributed by atoms with Gasteiger partial charge < -0.3 is 15.4 Å². The van der Waals surface area contributed by atoms with Gasteiger partial charge in [-0.25, -0.2) is 0 Å². The van der Waals surface area contributed by atoms with Crippen LogP contribution >= 0.6 is 11.6 Å². The topological polar surface area (TPSA) is 38.5 Å². The Morgan fingerprint density at radius 2 is 2.21 bits per heavy atom. The summed E-state index contributed by atoms with van der Waals surface area (Å²) in [5.41, 5.74) is 7.30. The van der Waals surface area contributed by atoms with Crippen molar-refractivity contribution in [2.45, 2.75) is 43.9 Å². The first-order valence-corrected chi connectivity index (χ1v) is 7.31. The first-order chi connectivity index (χ1) is 8.99.